The first kappa shape index (κ1) is 15.8. The van der Waals surface area contributed by atoms with Crippen LogP contribution in [0.2, 0.25) is 0 Å². The van der Waals surface area contributed by atoms with Crippen molar-refractivity contribution in [3.63, 3.8) is 0 Å². The number of rotatable bonds is 4. The Balaban J connectivity index is 3.24. The van der Waals surface area contributed by atoms with Crippen molar-refractivity contribution in [2.24, 2.45) is 11.8 Å². The van der Waals surface area contributed by atoms with Crippen molar-refractivity contribution in [3.8, 4) is 0 Å². The molecule has 0 aliphatic heterocycles. The largest absolute Gasteiger partial charge is 0.438 e. The number of hydrogen-bond donors (Lipinski definition) is 2. The Morgan fingerprint density at radius 1 is 1.47 bits per heavy atom. The maximum absolute atomic E-state index is 12.0. The van der Waals surface area contributed by atoms with E-state index in [0.717, 1.165) is 0 Å². The average molecular weight is 272 g/mol. The van der Waals surface area contributed by atoms with Gasteiger partial charge in [0.05, 0.1) is 0 Å². The summed E-state index contributed by atoms with van der Waals surface area (Å²) in [6.45, 7) is 7.61. The van der Waals surface area contributed by atoms with Crippen LogP contribution in [0.25, 0.3) is 0 Å². The summed E-state index contributed by atoms with van der Waals surface area (Å²) in [7, 11) is 1.34. The van der Waals surface area contributed by atoms with Crippen LogP contribution in [0.1, 0.15) is 20.8 Å². The summed E-state index contributed by atoms with van der Waals surface area (Å²) in [6.07, 6.45) is 0. The Kier molecular flexibility index (Phi) is 4.19. The third-order valence-corrected chi connectivity index (χ3v) is 3.74. The number of methoxy groups -OCH3 is 1. The van der Waals surface area contributed by atoms with Crippen molar-refractivity contribution in [2.75, 3.05) is 13.9 Å². The fraction of sp³-hybridized carbons (Fsp3) is 0.692. The first-order valence-electron chi connectivity index (χ1n) is 5.96. The molecular weight excluding hydrogens is 252 g/mol. The van der Waals surface area contributed by atoms with E-state index in [1.165, 1.54) is 14.0 Å². The molecular formula is C13H20O6. The lowest BCUT2D eigenvalue weighted by Crippen LogP contribution is -2.59. The molecule has 0 aromatic carbocycles. The molecule has 1 aliphatic rings. The average Bonchev–Trinajstić information content (AvgIpc) is 2.46. The minimum atomic E-state index is -2.07. The lowest BCUT2D eigenvalue weighted by atomic mass is 9.73. The molecule has 0 aromatic rings. The van der Waals surface area contributed by atoms with Crippen molar-refractivity contribution in [2.45, 2.75) is 32.0 Å². The lowest BCUT2D eigenvalue weighted by molar-refractivity contribution is -0.191. The quantitative estimate of drug-likeness (QED) is 0.426. The number of ketones is 1. The monoisotopic (exact) mass is 272 g/mol. The molecule has 1 aliphatic carbocycles. The number of aliphatic hydroxyl groups is 2. The molecule has 108 valence electrons. The van der Waals surface area contributed by atoms with Gasteiger partial charge in [-0.1, -0.05) is 20.4 Å². The van der Waals surface area contributed by atoms with Crippen molar-refractivity contribution in [1.82, 2.24) is 0 Å². The molecule has 6 heteroatoms. The van der Waals surface area contributed by atoms with Gasteiger partial charge in [0.1, 0.15) is 11.5 Å². The van der Waals surface area contributed by atoms with Crippen molar-refractivity contribution in [3.05, 3.63) is 12.2 Å². The van der Waals surface area contributed by atoms with Gasteiger partial charge in [-0.05, 0) is 12.8 Å². The van der Waals surface area contributed by atoms with Gasteiger partial charge >= 0.3 is 5.97 Å². The molecule has 0 saturated heterocycles. The van der Waals surface area contributed by atoms with Crippen LogP contribution in [-0.2, 0) is 19.1 Å². The van der Waals surface area contributed by atoms with E-state index in [0.29, 0.717) is 0 Å². The van der Waals surface area contributed by atoms with Gasteiger partial charge in [0.15, 0.2) is 18.2 Å². The van der Waals surface area contributed by atoms with E-state index in [-0.39, 0.29) is 12.4 Å². The minimum absolute atomic E-state index is 0.151. The molecule has 0 amide bonds. The number of esters is 1. The molecule has 0 heterocycles. The Bertz CT molecular complexity index is 411. The topological polar surface area (TPSA) is 93.1 Å². The van der Waals surface area contributed by atoms with Crippen LogP contribution in [-0.4, -0.2) is 47.1 Å². The first-order valence-corrected chi connectivity index (χ1v) is 5.96. The predicted molar refractivity (Wildman–Crippen MR) is 66.0 cm³/mol. The Labute approximate surface area is 112 Å². The molecule has 19 heavy (non-hydrogen) atoms. The van der Waals surface area contributed by atoms with Crippen LogP contribution in [0, 0.1) is 11.8 Å². The molecule has 0 bridgehead atoms. The van der Waals surface area contributed by atoms with E-state index in [1.54, 1.807) is 13.8 Å². The van der Waals surface area contributed by atoms with Gasteiger partial charge in [-0.3, -0.25) is 9.59 Å². The van der Waals surface area contributed by atoms with E-state index in [4.69, 9.17) is 4.74 Å². The fourth-order valence-corrected chi connectivity index (χ4v) is 2.59. The fourth-order valence-electron chi connectivity index (χ4n) is 2.59. The van der Waals surface area contributed by atoms with E-state index >= 15 is 0 Å². The van der Waals surface area contributed by atoms with E-state index in [2.05, 4.69) is 11.3 Å². The molecule has 0 aromatic heterocycles. The van der Waals surface area contributed by atoms with Gasteiger partial charge in [0, 0.05) is 12.7 Å². The van der Waals surface area contributed by atoms with Gasteiger partial charge < -0.3 is 19.7 Å². The Hall–Kier alpha value is -1.24. The van der Waals surface area contributed by atoms with Crippen LogP contribution < -0.4 is 0 Å². The highest BCUT2D eigenvalue weighted by molar-refractivity contribution is 6.10. The second-order valence-electron chi connectivity index (χ2n) is 5.21. The Morgan fingerprint density at radius 2 is 2.00 bits per heavy atom. The van der Waals surface area contributed by atoms with Crippen LogP contribution >= 0.6 is 0 Å². The van der Waals surface area contributed by atoms with Crippen LogP contribution in [0.15, 0.2) is 12.2 Å². The van der Waals surface area contributed by atoms with Gasteiger partial charge in [-0.2, -0.15) is 0 Å². The SMILES string of the molecule is C=C1C(=O)[C@](C)(O)[C@@](O)(C(C)C)[C@H]1C(=O)OCOC. The van der Waals surface area contributed by atoms with Gasteiger partial charge in [0.25, 0.3) is 0 Å². The summed E-state index contributed by atoms with van der Waals surface area (Å²) in [5.74, 6) is -3.44. The lowest BCUT2D eigenvalue weighted by Gasteiger charge is -2.39. The maximum atomic E-state index is 12.0. The van der Waals surface area contributed by atoms with Gasteiger partial charge in [0.2, 0.25) is 0 Å². The Morgan fingerprint density at radius 3 is 2.42 bits per heavy atom. The maximum Gasteiger partial charge on any atom is 0.318 e. The number of Topliss-reactive ketones (excluding diaryl/α,β-unsaturated/α-hetero) is 1. The smallest absolute Gasteiger partial charge is 0.318 e. The molecule has 0 radical (unpaired) electrons. The summed E-state index contributed by atoms with van der Waals surface area (Å²) in [5.41, 5.74) is -4.18. The first-order chi connectivity index (χ1) is 8.62. The summed E-state index contributed by atoms with van der Waals surface area (Å²) in [4.78, 5) is 24.0. The number of carbonyl (C=O) groups is 2. The highest BCUT2D eigenvalue weighted by atomic mass is 16.7. The predicted octanol–water partition coefficient (Wildman–Crippen LogP) is 0.0267. The third-order valence-electron chi connectivity index (χ3n) is 3.74. The van der Waals surface area contributed by atoms with Gasteiger partial charge in [-0.15, -0.1) is 0 Å². The minimum Gasteiger partial charge on any atom is -0.438 e. The zero-order valence-corrected chi connectivity index (χ0v) is 11.6. The molecule has 0 unspecified atom stereocenters. The normalized spacial score (nSPS) is 35.0. The zero-order chi connectivity index (χ0) is 15.0. The summed E-state index contributed by atoms with van der Waals surface area (Å²) >= 11 is 0. The van der Waals surface area contributed by atoms with Crippen LogP contribution in [0.5, 0.6) is 0 Å². The van der Waals surface area contributed by atoms with E-state index in [9.17, 15) is 19.8 Å². The highest BCUT2D eigenvalue weighted by Gasteiger charge is 2.67. The van der Waals surface area contributed by atoms with Crippen LogP contribution in [0.3, 0.4) is 0 Å². The number of ether oxygens (including phenoxy) is 2. The molecule has 3 atom stereocenters. The number of hydrogen-bond acceptors (Lipinski definition) is 6. The zero-order valence-electron chi connectivity index (χ0n) is 11.6. The standard InChI is InChI=1S/C13H20O6/c1-7(2)13(17)9(11(15)19-6-18-5)8(3)10(14)12(13,4)16/h7,9,16-17H,3,6H2,1-2,4-5H3/t9-,12+,13-/m1/s1. The van der Waals surface area contributed by atoms with E-state index in [1.807, 2.05) is 0 Å². The molecule has 2 N–H and O–H groups in total. The van der Waals surface area contributed by atoms with Crippen molar-refractivity contribution < 1.29 is 29.3 Å². The molecule has 0 spiro atoms. The molecule has 6 nitrogen and oxygen atoms in total. The summed E-state index contributed by atoms with van der Waals surface area (Å²) in [6, 6.07) is 0. The summed E-state index contributed by atoms with van der Waals surface area (Å²) in [5, 5.41) is 21.0. The highest BCUT2D eigenvalue weighted by Crippen LogP contribution is 2.48. The second kappa shape index (κ2) is 5.03. The molecule has 1 saturated carbocycles. The number of carbonyl (C=O) groups excluding carboxylic acids is 2. The second-order valence-corrected chi connectivity index (χ2v) is 5.21. The summed E-state index contributed by atoms with van der Waals surface area (Å²) < 4.78 is 9.40. The third kappa shape index (κ3) is 2.09. The van der Waals surface area contributed by atoms with Crippen molar-refractivity contribution in [1.29, 1.82) is 0 Å². The van der Waals surface area contributed by atoms with Gasteiger partial charge in [-0.25, -0.2) is 0 Å². The molecule has 1 fully saturated rings. The van der Waals surface area contributed by atoms with Crippen molar-refractivity contribution >= 4 is 11.8 Å². The molecule has 1 rings (SSSR count). The van der Waals surface area contributed by atoms with E-state index < -0.39 is 34.8 Å². The van der Waals surface area contributed by atoms with Crippen LogP contribution in [0.4, 0.5) is 0 Å².